The first-order valence-corrected chi connectivity index (χ1v) is 9.62. The first-order chi connectivity index (χ1) is 11.0. The zero-order chi connectivity index (χ0) is 17.2. The zero-order valence-corrected chi connectivity index (χ0v) is 16.4. The van der Waals surface area contributed by atoms with E-state index in [4.69, 9.17) is 0 Å². The van der Waals surface area contributed by atoms with E-state index < -0.39 is 0 Å². The Morgan fingerprint density at radius 2 is 1.17 bits per heavy atom. The second-order valence-electron chi connectivity index (χ2n) is 6.75. The summed E-state index contributed by atoms with van der Waals surface area (Å²) in [7, 11) is 0. The average Bonchev–Trinajstić information content (AvgIpc) is 2.55. The molecule has 1 aliphatic heterocycles. The normalized spacial score (nSPS) is 25.0. The van der Waals surface area contributed by atoms with E-state index in [9.17, 15) is 0 Å². The van der Waals surface area contributed by atoms with E-state index in [-0.39, 0.29) is 0 Å². The van der Waals surface area contributed by atoms with Crippen LogP contribution in [0.3, 0.4) is 0 Å². The molecule has 0 N–H and O–H groups in total. The van der Waals surface area contributed by atoms with Gasteiger partial charge in [-0.2, -0.15) is 0 Å². The molecule has 1 fully saturated rings. The lowest BCUT2D eigenvalue weighted by Gasteiger charge is -2.38. The van der Waals surface area contributed by atoms with E-state index in [1.807, 2.05) is 0 Å². The minimum Gasteiger partial charge on any atom is -0.301 e. The summed E-state index contributed by atoms with van der Waals surface area (Å²) in [5.41, 5.74) is 1.30. The monoisotopic (exact) mass is 324 g/mol. The van der Waals surface area contributed by atoms with Gasteiger partial charge in [0, 0.05) is 51.9 Å². The molecule has 4 nitrogen and oxygen atoms in total. The maximum atomic E-state index is 4.29. The Morgan fingerprint density at radius 1 is 0.739 bits per heavy atom. The van der Waals surface area contributed by atoms with E-state index in [0.717, 1.165) is 52.4 Å². The van der Waals surface area contributed by atoms with Crippen molar-refractivity contribution in [1.29, 1.82) is 0 Å². The van der Waals surface area contributed by atoms with Gasteiger partial charge in [0.05, 0.1) is 0 Å². The van der Waals surface area contributed by atoms with Gasteiger partial charge in [-0.3, -0.25) is 4.90 Å². The Bertz CT molecular complexity index is 331. The van der Waals surface area contributed by atoms with Crippen LogP contribution in [0.5, 0.6) is 0 Å². The number of nitrogens with zero attached hydrogens (tertiary/aromatic N) is 4. The standard InChI is InChI=1S/C19H40N4/c1-7-20-11-12-21(8-2)15-16-23(10-4)19(18(5)6)17-22(9-3)14-13-20/h19H,5,7-17H2,1-4,6H3. The second-order valence-corrected chi connectivity index (χ2v) is 6.75. The average molecular weight is 325 g/mol. The highest BCUT2D eigenvalue weighted by atomic mass is 15.3. The fraction of sp³-hybridized carbons (Fsp3) is 0.895. The van der Waals surface area contributed by atoms with Crippen LogP contribution in [0.1, 0.15) is 34.6 Å². The fourth-order valence-electron chi connectivity index (χ4n) is 3.43. The van der Waals surface area contributed by atoms with Gasteiger partial charge in [0.2, 0.25) is 0 Å². The Morgan fingerprint density at radius 3 is 1.57 bits per heavy atom. The molecule has 1 heterocycles. The lowest BCUT2D eigenvalue weighted by molar-refractivity contribution is 0.118. The molecule has 0 aliphatic carbocycles. The van der Waals surface area contributed by atoms with Gasteiger partial charge < -0.3 is 14.7 Å². The van der Waals surface area contributed by atoms with Gasteiger partial charge in [0.15, 0.2) is 0 Å². The zero-order valence-electron chi connectivity index (χ0n) is 16.4. The van der Waals surface area contributed by atoms with Crippen LogP contribution >= 0.6 is 0 Å². The summed E-state index contributed by atoms with van der Waals surface area (Å²) in [5, 5.41) is 0. The highest BCUT2D eigenvalue weighted by Gasteiger charge is 2.22. The van der Waals surface area contributed by atoms with E-state index in [1.54, 1.807) is 0 Å². The van der Waals surface area contributed by atoms with Gasteiger partial charge >= 0.3 is 0 Å². The molecule has 0 aromatic carbocycles. The van der Waals surface area contributed by atoms with Gasteiger partial charge in [0.25, 0.3) is 0 Å². The van der Waals surface area contributed by atoms with E-state index >= 15 is 0 Å². The number of rotatable bonds is 5. The molecule has 0 aromatic heterocycles. The van der Waals surface area contributed by atoms with Gasteiger partial charge in [-0.1, -0.05) is 39.8 Å². The highest BCUT2D eigenvalue weighted by molar-refractivity contribution is 5.04. The maximum absolute atomic E-state index is 4.29. The van der Waals surface area contributed by atoms with Crippen molar-refractivity contribution in [3.63, 3.8) is 0 Å². The van der Waals surface area contributed by atoms with Crippen molar-refractivity contribution in [2.24, 2.45) is 0 Å². The van der Waals surface area contributed by atoms with Crippen molar-refractivity contribution in [2.75, 3.05) is 72.0 Å². The summed E-state index contributed by atoms with van der Waals surface area (Å²) >= 11 is 0. The third-order valence-corrected chi connectivity index (χ3v) is 5.36. The van der Waals surface area contributed by atoms with Gasteiger partial charge in [0.1, 0.15) is 0 Å². The van der Waals surface area contributed by atoms with Gasteiger partial charge in [-0.15, -0.1) is 0 Å². The molecule has 1 aliphatic rings. The number of hydrogen-bond acceptors (Lipinski definition) is 4. The molecule has 136 valence electrons. The summed E-state index contributed by atoms with van der Waals surface area (Å²) in [4.78, 5) is 10.4. The molecule has 0 spiro atoms. The van der Waals surface area contributed by atoms with Crippen molar-refractivity contribution in [1.82, 2.24) is 19.6 Å². The van der Waals surface area contributed by atoms with Crippen LogP contribution in [0, 0.1) is 0 Å². The lowest BCUT2D eigenvalue weighted by Crippen LogP contribution is -2.50. The summed E-state index contributed by atoms with van der Waals surface area (Å²) in [5.74, 6) is 0. The largest absolute Gasteiger partial charge is 0.301 e. The molecule has 1 saturated heterocycles. The topological polar surface area (TPSA) is 13.0 Å². The third kappa shape index (κ3) is 6.92. The van der Waals surface area contributed by atoms with Crippen molar-refractivity contribution in [3.8, 4) is 0 Å². The van der Waals surface area contributed by atoms with Crippen LogP contribution in [-0.4, -0.2) is 97.6 Å². The summed E-state index contributed by atoms with van der Waals surface area (Å²) in [6, 6.07) is 0.480. The molecule has 1 atom stereocenters. The molecule has 0 bridgehead atoms. The van der Waals surface area contributed by atoms with Crippen LogP contribution in [-0.2, 0) is 0 Å². The van der Waals surface area contributed by atoms with E-state index in [0.29, 0.717) is 6.04 Å². The van der Waals surface area contributed by atoms with Crippen LogP contribution in [0.15, 0.2) is 12.2 Å². The van der Waals surface area contributed by atoms with Crippen LogP contribution in [0.25, 0.3) is 0 Å². The third-order valence-electron chi connectivity index (χ3n) is 5.36. The minimum absolute atomic E-state index is 0.480. The molecular formula is C19H40N4. The summed E-state index contributed by atoms with van der Waals surface area (Å²) < 4.78 is 0. The van der Waals surface area contributed by atoms with Crippen LogP contribution in [0.2, 0.25) is 0 Å². The Hall–Kier alpha value is -0.420. The van der Waals surface area contributed by atoms with Crippen molar-refractivity contribution < 1.29 is 0 Å². The predicted octanol–water partition coefficient (Wildman–Crippen LogP) is 2.23. The molecule has 0 amide bonds. The van der Waals surface area contributed by atoms with E-state index in [2.05, 4.69) is 60.8 Å². The van der Waals surface area contributed by atoms with Crippen molar-refractivity contribution >= 4 is 0 Å². The molecule has 23 heavy (non-hydrogen) atoms. The van der Waals surface area contributed by atoms with Crippen molar-refractivity contribution in [3.05, 3.63) is 12.2 Å². The molecule has 0 saturated carbocycles. The fourth-order valence-corrected chi connectivity index (χ4v) is 3.43. The Labute approximate surface area is 145 Å². The SMILES string of the molecule is C=C(C)C1CN(CC)CCN(CC)CCN(CC)CCN1CC. The molecule has 0 radical (unpaired) electrons. The number of hydrogen-bond donors (Lipinski definition) is 0. The lowest BCUT2D eigenvalue weighted by atomic mass is 10.1. The molecule has 0 aromatic rings. The van der Waals surface area contributed by atoms with Gasteiger partial charge in [-0.05, 0) is 33.1 Å². The molecule has 4 heteroatoms. The van der Waals surface area contributed by atoms with Crippen LogP contribution < -0.4 is 0 Å². The van der Waals surface area contributed by atoms with Crippen LogP contribution in [0.4, 0.5) is 0 Å². The summed E-state index contributed by atoms with van der Waals surface area (Å²) in [6.07, 6.45) is 0. The first-order valence-electron chi connectivity index (χ1n) is 9.62. The maximum Gasteiger partial charge on any atom is 0.0430 e. The Balaban J connectivity index is 2.87. The summed E-state index contributed by atoms with van der Waals surface area (Å²) in [6.45, 7) is 28.3. The van der Waals surface area contributed by atoms with E-state index in [1.165, 1.54) is 25.2 Å². The quantitative estimate of drug-likeness (QED) is 0.719. The first kappa shape index (κ1) is 20.6. The highest BCUT2D eigenvalue weighted by Crippen LogP contribution is 2.12. The molecule has 1 unspecified atom stereocenters. The minimum atomic E-state index is 0.480. The number of likely N-dealkylation sites (N-methyl/N-ethyl adjacent to an activating group) is 4. The van der Waals surface area contributed by atoms with Crippen molar-refractivity contribution in [2.45, 2.75) is 40.7 Å². The Kier molecular flexibility index (Phi) is 10.0. The smallest absolute Gasteiger partial charge is 0.0430 e. The second kappa shape index (κ2) is 11.2. The molecular weight excluding hydrogens is 284 g/mol. The predicted molar refractivity (Wildman–Crippen MR) is 102 cm³/mol. The van der Waals surface area contributed by atoms with Gasteiger partial charge in [-0.25, -0.2) is 0 Å². The molecule has 1 rings (SSSR count).